The zero-order valence-electron chi connectivity index (χ0n) is 6.16. The molecule has 1 N–H and O–H groups in total. The minimum Gasteiger partial charge on any atom is -0.735 e. The van der Waals surface area contributed by atoms with Crippen molar-refractivity contribution >= 4 is 16.3 Å². The van der Waals surface area contributed by atoms with Gasteiger partial charge < -0.3 is 14.5 Å². The van der Waals surface area contributed by atoms with Gasteiger partial charge in [-0.3, -0.25) is 0 Å². The Morgan fingerprint density at radius 3 is 1.82 bits per heavy atom. The molecule has 0 amide bonds. The molecule has 0 aliphatic carbocycles. The summed E-state index contributed by atoms with van der Waals surface area (Å²) >= 11 is 0. The predicted octanol–water partition coefficient (Wildman–Crippen LogP) is -9.21. The Hall–Kier alpha value is 2.61. The smallest absolute Gasteiger partial charge is 0.735 e. The van der Waals surface area contributed by atoms with Gasteiger partial charge in [0.2, 0.25) is 0 Å². The van der Waals surface area contributed by atoms with Crippen LogP contribution in [-0.4, -0.2) is 25.5 Å². The molecule has 0 aromatic heterocycles. The van der Waals surface area contributed by atoms with Crippen molar-refractivity contribution in [1.82, 2.24) is 4.72 Å². The van der Waals surface area contributed by atoms with Crippen LogP contribution in [-0.2, 0) is 15.1 Å². The van der Waals surface area contributed by atoms with Gasteiger partial charge in [-0.1, -0.05) is 0 Å². The molecule has 0 aromatic carbocycles. The molecule has 0 aliphatic rings. The molecule has 0 fully saturated rings. The fraction of sp³-hybridized carbons (Fsp3) is 0.500. The first-order valence-electron chi connectivity index (χ1n) is 1.82. The van der Waals surface area contributed by atoms with Crippen LogP contribution < -0.4 is 113 Å². The van der Waals surface area contributed by atoms with E-state index in [4.69, 9.17) is 0 Å². The Labute approximate surface area is 149 Å². The largest absolute Gasteiger partial charge is 1.00 e. The van der Waals surface area contributed by atoms with E-state index in [1.807, 2.05) is 0 Å². The van der Waals surface area contributed by atoms with Gasteiger partial charge in [-0.25, -0.2) is 13.1 Å². The number of nitrogens with one attached hydrogen (secondary N) is 1. The summed E-state index contributed by atoms with van der Waals surface area (Å²) in [6.45, 7) is -0.980. The number of carbonyl (C=O) groups is 1. The van der Waals surface area contributed by atoms with E-state index < -0.39 is 22.8 Å². The summed E-state index contributed by atoms with van der Waals surface area (Å²) in [5.41, 5.74) is 0. The number of carboxylic acids is 1. The molecule has 0 aliphatic heterocycles. The molecule has 6 nitrogen and oxygen atoms in total. The molecule has 11 heavy (non-hydrogen) atoms. The standard InChI is InChI=1S/C2H5NO5S.2K/c4-2(5)1-3-9(6,7)8;;/h3H,1H2,(H,4,5)(H,6,7,8);;/q;2*+1/p-2. The van der Waals surface area contributed by atoms with Gasteiger partial charge in [0.05, 0.1) is 5.97 Å². The first kappa shape index (κ1) is 19.2. The third-order valence-corrected chi connectivity index (χ3v) is 0.891. The minimum absolute atomic E-state index is 0. The average Bonchev–Trinajstić information content (AvgIpc) is 1.59. The third kappa shape index (κ3) is 19.2. The maximum absolute atomic E-state index is 9.58. The van der Waals surface area contributed by atoms with Crippen molar-refractivity contribution in [3.8, 4) is 0 Å². The maximum atomic E-state index is 9.58. The topological polar surface area (TPSA) is 109 Å². The van der Waals surface area contributed by atoms with E-state index in [1.54, 1.807) is 0 Å². The fourth-order valence-corrected chi connectivity index (χ4v) is 0.442. The predicted molar refractivity (Wildman–Crippen MR) is 22.7 cm³/mol. The Morgan fingerprint density at radius 1 is 1.36 bits per heavy atom. The van der Waals surface area contributed by atoms with E-state index >= 15 is 0 Å². The normalized spacial score (nSPS) is 9.18. The summed E-state index contributed by atoms with van der Waals surface area (Å²) in [7, 11) is -4.64. The molecule has 54 valence electrons. The fourth-order valence-electron chi connectivity index (χ4n) is 0.147. The first-order chi connectivity index (χ1) is 3.92. The van der Waals surface area contributed by atoms with Crippen LogP contribution in [0.4, 0.5) is 0 Å². The summed E-state index contributed by atoms with van der Waals surface area (Å²) < 4.78 is 29.9. The van der Waals surface area contributed by atoms with Gasteiger partial charge in [0.15, 0.2) is 10.3 Å². The van der Waals surface area contributed by atoms with Gasteiger partial charge >= 0.3 is 103 Å². The van der Waals surface area contributed by atoms with Crippen molar-refractivity contribution < 1.29 is 126 Å². The quantitative estimate of drug-likeness (QED) is 0.383. The molecular weight excluding hydrogens is 228 g/mol. The summed E-state index contributed by atoms with van der Waals surface area (Å²) in [6, 6.07) is 0. The summed E-state index contributed by atoms with van der Waals surface area (Å²) in [5.74, 6) is -1.64. The van der Waals surface area contributed by atoms with Crippen LogP contribution in [0.3, 0.4) is 0 Å². The van der Waals surface area contributed by atoms with Gasteiger partial charge in [-0.15, -0.1) is 0 Å². The van der Waals surface area contributed by atoms with Gasteiger partial charge in [0.1, 0.15) is 0 Å². The van der Waals surface area contributed by atoms with Gasteiger partial charge in [-0.05, 0) is 0 Å². The van der Waals surface area contributed by atoms with E-state index in [0.717, 1.165) is 0 Å². The first-order valence-corrected chi connectivity index (χ1v) is 3.23. The van der Waals surface area contributed by atoms with Crippen LogP contribution >= 0.6 is 0 Å². The van der Waals surface area contributed by atoms with Gasteiger partial charge in [0, 0.05) is 6.54 Å². The Morgan fingerprint density at radius 2 is 1.73 bits per heavy atom. The van der Waals surface area contributed by atoms with Crippen LogP contribution in [0.2, 0.25) is 0 Å². The van der Waals surface area contributed by atoms with Crippen molar-refractivity contribution in [2.75, 3.05) is 6.54 Å². The maximum Gasteiger partial charge on any atom is 1.00 e. The van der Waals surface area contributed by atoms with E-state index in [1.165, 1.54) is 4.72 Å². The summed E-state index contributed by atoms with van der Waals surface area (Å²) in [6.07, 6.45) is 0. The molecule has 9 heteroatoms. The van der Waals surface area contributed by atoms with Crippen molar-refractivity contribution in [3.05, 3.63) is 0 Å². The second-order valence-electron chi connectivity index (χ2n) is 1.15. The second-order valence-corrected chi connectivity index (χ2v) is 2.34. The van der Waals surface area contributed by atoms with Crippen molar-refractivity contribution in [1.29, 1.82) is 0 Å². The molecule has 0 heterocycles. The number of carboxylic acid groups (broad SMARTS) is 1. The van der Waals surface area contributed by atoms with Crippen molar-refractivity contribution in [3.63, 3.8) is 0 Å². The molecule has 0 saturated carbocycles. The second kappa shape index (κ2) is 9.18. The summed E-state index contributed by atoms with van der Waals surface area (Å²) in [5, 5.41) is 9.47. The number of rotatable bonds is 3. The zero-order chi connectivity index (χ0) is 7.49. The van der Waals surface area contributed by atoms with Gasteiger partial charge in [0.25, 0.3) is 0 Å². The molecule has 0 aromatic rings. The molecule has 0 atom stereocenters. The Bertz CT molecular complexity index is 201. The van der Waals surface area contributed by atoms with E-state index in [2.05, 4.69) is 0 Å². The number of aliphatic carboxylic acids is 1. The molecule has 0 unspecified atom stereocenters. The van der Waals surface area contributed by atoms with E-state index in [9.17, 15) is 22.9 Å². The average molecular weight is 231 g/mol. The van der Waals surface area contributed by atoms with Crippen molar-refractivity contribution in [2.24, 2.45) is 0 Å². The van der Waals surface area contributed by atoms with Gasteiger partial charge in [-0.2, -0.15) is 0 Å². The zero-order valence-corrected chi connectivity index (χ0v) is 13.2. The molecule has 0 saturated heterocycles. The Kier molecular flexibility index (Phi) is 16.0. The van der Waals surface area contributed by atoms with Crippen LogP contribution in [0.1, 0.15) is 0 Å². The van der Waals surface area contributed by atoms with Crippen LogP contribution in [0, 0.1) is 0 Å². The summed E-state index contributed by atoms with van der Waals surface area (Å²) in [4.78, 5) is 9.47. The third-order valence-electron chi connectivity index (χ3n) is 0.393. The molecule has 0 spiro atoms. The molecular formula is C2H3K2NO5S. The molecule has 0 radical (unpaired) electrons. The minimum atomic E-state index is -4.64. The number of hydrogen-bond acceptors (Lipinski definition) is 5. The van der Waals surface area contributed by atoms with Crippen LogP contribution in [0.5, 0.6) is 0 Å². The monoisotopic (exact) mass is 231 g/mol. The van der Waals surface area contributed by atoms with Crippen molar-refractivity contribution in [2.45, 2.75) is 0 Å². The molecule has 0 rings (SSSR count). The number of carbonyl (C=O) groups excluding carboxylic acids is 1. The van der Waals surface area contributed by atoms with Crippen LogP contribution in [0.25, 0.3) is 0 Å². The van der Waals surface area contributed by atoms with Crippen LogP contribution in [0.15, 0.2) is 0 Å². The molecule has 0 bridgehead atoms. The SMILES string of the molecule is O=C([O-])CNS(=O)(=O)[O-].[K+].[K+]. The van der Waals surface area contributed by atoms with E-state index in [-0.39, 0.29) is 103 Å². The number of hydrogen-bond donors (Lipinski definition) is 1. The van der Waals surface area contributed by atoms with E-state index in [0.29, 0.717) is 0 Å². The Balaban J connectivity index is -0.000000320.